The molecular formula is C27H25FN6OS. The SMILES string of the molecule is C[C@@H](NC(=O)c1cccnc1NCc1ccc(C2C=c3c(N)ncnc3=CC2)s1)c1cccc(F)c1. The van der Waals surface area contributed by atoms with Crippen LogP contribution in [0, 0.1) is 5.82 Å². The number of amides is 1. The highest BCUT2D eigenvalue weighted by atomic mass is 32.1. The minimum Gasteiger partial charge on any atom is -0.383 e. The molecule has 1 aliphatic carbocycles. The smallest absolute Gasteiger partial charge is 0.255 e. The van der Waals surface area contributed by atoms with Crippen molar-refractivity contribution >= 4 is 41.0 Å². The predicted molar refractivity (Wildman–Crippen MR) is 140 cm³/mol. The summed E-state index contributed by atoms with van der Waals surface area (Å²) >= 11 is 1.70. The Balaban J connectivity index is 1.27. The molecule has 4 N–H and O–H groups in total. The molecule has 3 heterocycles. The number of carbonyl (C=O) groups is 1. The second-order valence-corrected chi connectivity index (χ2v) is 9.78. The van der Waals surface area contributed by atoms with Crippen LogP contribution in [0.4, 0.5) is 16.0 Å². The van der Waals surface area contributed by atoms with Gasteiger partial charge in [0.05, 0.1) is 23.5 Å². The lowest BCUT2D eigenvalue weighted by atomic mass is 9.98. The minimum atomic E-state index is -0.353. The maximum absolute atomic E-state index is 13.6. The van der Waals surface area contributed by atoms with Crippen LogP contribution >= 0.6 is 11.3 Å². The third-order valence-electron chi connectivity index (χ3n) is 6.11. The van der Waals surface area contributed by atoms with Gasteiger partial charge in [0.2, 0.25) is 0 Å². The Morgan fingerprint density at radius 2 is 2.08 bits per heavy atom. The van der Waals surface area contributed by atoms with E-state index in [1.165, 1.54) is 23.3 Å². The predicted octanol–water partition coefficient (Wildman–Crippen LogP) is 3.51. The summed E-state index contributed by atoms with van der Waals surface area (Å²) in [6.07, 6.45) is 8.21. The number of nitrogens with one attached hydrogen (secondary N) is 2. The number of pyridine rings is 1. The molecule has 3 aromatic heterocycles. The van der Waals surface area contributed by atoms with Gasteiger partial charge >= 0.3 is 0 Å². The summed E-state index contributed by atoms with van der Waals surface area (Å²) in [5.74, 6) is 0.586. The fourth-order valence-electron chi connectivity index (χ4n) is 4.19. The molecule has 0 bridgehead atoms. The van der Waals surface area contributed by atoms with Crippen molar-refractivity contribution in [1.82, 2.24) is 20.3 Å². The number of nitrogen functional groups attached to an aromatic ring is 1. The summed E-state index contributed by atoms with van der Waals surface area (Å²) in [7, 11) is 0. The molecule has 36 heavy (non-hydrogen) atoms. The molecule has 0 saturated heterocycles. The maximum Gasteiger partial charge on any atom is 0.255 e. The Hall–Kier alpha value is -4.11. The molecule has 4 aromatic rings. The topological polar surface area (TPSA) is 106 Å². The van der Waals surface area contributed by atoms with Crippen LogP contribution in [0.2, 0.25) is 0 Å². The van der Waals surface area contributed by atoms with E-state index in [1.54, 1.807) is 41.8 Å². The summed E-state index contributed by atoms with van der Waals surface area (Å²) in [5, 5.41) is 7.99. The van der Waals surface area contributed by atoms with Gasteiger partial charge in [-0.05, 0) is 55.3 Å². The summed E-state index contributed by atoms with van der Waals surface area (Å²) in [6, 6.07) is 13.5. The van der Waals surface area contributed by atoms with Crippen molar-refractivity contribution in [3.8, 4) is 0 Å². The van der Waals surface area contributed by atoms with Crippen molar-refractivity contribution in [2.45, 2.75) is 31.8 Å². The van der Waals surface area contributed by atoms with E-state index in [0.29, 0.717) is 29.3 Å². The average Bonchev–Trinajstić information content (AvgIpc) is 3.37. The summed E-state index contributed by atoms with van der Waals surface area (Å²) in [5.41, 5.74) is 7.17. The highest BCUT2D eigenvalue weighted by Crippen LogP contribution is 2.30. The van der Waals surface area contributed by atoms with Gasteiger partial charge in [0, 0.05) is 27.1 Å². The Kier molecular flexibility index (Phi) is 6.73. The Morgan fingerprint density at radius 3 is 2.94 bits per heavy atom. The number of anilines is 2. The van der Waals surface area contributed by atoms with Crippen LogP contribution in [0.5, 0.6) is 0 Å². The van der Waals surface area contributed by atoms with E-state index in [9.17, 15) is 9.18 Å². The third kappa shape index (κ3) is 5.11. The lowest BCUT2D eigenvalue weighted by molar-refractivity contribution is 0.0940. The number of hydrogen-bond acceptors (Lipinski definition) is 7. The maximum atomic E-state index is 13.6. The normalized spacial score (nSPS) is 15.2. The molecule has 0 fully saturated rings. The molecule has 0 radical (unpaired) electrons. The standard InChI is InChI=1S/C27H25FN6OS/c1-16(17-4-2-5-19(28)12-17)34-27(35)21-6-3-11-30-26(21)31-14-20-8-10-24(36-20)18-7-9-23-22(13-18)25(29)33-15-32-23/h2-6,8-13,15-16,18H,7,14H2,1H3,(H,30,31)(H,34,35)(H2,29,32,33)/t16-,18?/m1/s1. The number of fused-ring (bicyclic) bond motifs is 1. The number of aromatic nitrogens is 3. The van der Waals surface area contributed by atoms with E-state index in [0.717, 1.165) is 21.9 Å². The zero-order chi connectivity index (χ0) is 25.1. The Morgan fingerprint density at radius 1 is 1.19 bits per heavy atom. The van der Waals surface area contributed by atoms with E-state index in [-0.39, 0.29) is 23.7 Å². The first-order valence-electron chi connectivity index (χ1n) is 11.6. The van der Waals surface area contributed by atoms with Gasteiger partial charge in [0.15, 0.2) is 0 Å². The van der Waals surface area contributed by atoms with Gasteiger partial charge in [-0.1, -0.05) is 24.3 Å². The van der Waals surface area contributed by atoms with Crippen LogP contribution in [-0.2, 0) is 6.54 Å². The number of thiophene rings is 1. The van der Waals surface area contributed by atoms with E-state index in [2.05, 4.69) is 49.9 Å². The number of nitrogens with two attached hydrogens (primary N) is 1. The van der Waals surface area contributed by atoms with Crippen LogP contribution in [0.15, 0.2) is 61.1 Å². The van der Waals surface area contributed by atoms with Crippen molar-refractivity contribution in [1.29, 1.82) is 0 Å². The van der Waals surface area contributed by atoms with E-state index >= 15 is 0 Å². The zero-order valence-corrected chi connectivity index (χ0v) is 20.4. The molecule has 182 valence electrons. The van der Waals surface area contributed by atoms with Gasteiger partial charge in [-0.3, -0.25) is 4.79 Å². The molecule has 0 aliphatic heterocycles. The summed E-state index contributed by atoms with van der Waals surface area (Å²) in [4.78, 5) is 28.1. The molecular weight excluding hydrogens is 475 g/mol. The van der Waals surface area contributed by atoms with Crippen LogP contribution in [0.25, 0.3) is 12.2 Å². The minimum absolute atomic E-state index is 0.213. The average molecular weight is 501 g/mol. The quantitative estimate of drug-likeness (QED) is 0.359. The molecule has 0 saturated carbocycles. The first kappa shape index (κ1) is 23.6. The van der Waals surface area contributed by atoms with Gasteiger partial charge in [-0.2, -0.15) is 0 Å². The highest BCUT2D eigenvalue weighted by Gasteiger charge is 2.17. The molecule has 5 rings (SSSR count). The van der Waals surface area contributed by atoms with Gasteiger partial charge < -0.3 is 16.4 Å². The van der Waals surface area contributed by atoms with Crippen molar-refractivity contribution in [2.24, 2.45) is 0 Å². The molecule has 1 unspecified atom stereocenters. The van der Waals surface area contributed by atoms with Crippen LogP contribution in [0.1, 0.15) is 51.0 Å². The number of hydrogen-bond donors (Lipinski definition) is 3. The molecule has 1 amide bonds. The number of rotatable bonds is 7. The lowest BCUT2D eigenvalue weighted by Crippen LogP contribution is -2.34. The number of benzene rings is 1. The van der Waals surface area contributed by atoms with Gasteiger partial charge in [0.25, 0.3) is 5.91 Å². The van der Waals surface area contributed by atoms with Crippen LogP contribution in [-0.4, -0.2) is 20.9 Å². The van der Waals surface area contributed by atoms with E-state index in [1.807, 2.05) is 6.92 Å². The molecule has 0 spiro atoms. The third-order valence-corrected chi connectivity index (χ3v) is 7.32. The molecule has 1 aliphatic rings. The van der Waals surface area contributed by atoms with Gasteiger partial charge in [0.1, 0.15) is 23.8 Å². The largest absolute Gasteiger partial charge is 0.383 e. The van der Waals surface area contributed by atoms with Gasteiger partial charge in [-0.15, -0.1) is 11.3 Å². The monoisotopic (exact) mass is 500 g/mol. The van der Waals surface area contributed by atoms with E-state index in [4.69, 9.17) is 5.73 Å². The second-order valence-electron chi connectivity index (χ2n) is 8.58. The first-order chi connectivity index (χ1) is 17.5. The number of carbonyl (C=O) groups excluding carboxylic acids is 1. The van der Waals surface area contributed by atoms with E-state index < -0.39 is 0 Å². The second kappa shape index (κ2) is 10.2. The fourth-order valence-corrected chi connectivity index (χ4v) is 5.22. The Labute approximate surface area is 211 Å². The molecule has 9 heteroatoms. The van der Waals surface area contributed by atoms with Crippen LogP contribution < -0.4 is 26.9 Å². The number of halogens is 1. The molecule has 1 aromatic carbocycles. The summed E-state index contributed by atoms with van der Waals surface area (Å²) < 4.78 is 13.6. The van der Waals surface area contributed by atoms with Crippen molar-refractivity contribution < 1.29 is 9.18 Å². The Bertz CT molecular complexity index is 1540. The first-order valence-corrected chi connectivity index (χ1v) is 12.4. The fraction of sp³-hybridized carbons (Fsp3) is 0.185. The lowest BCUT2D eigenvalue weighted by Gasteiger charge is -2.16. The van der Waals surface area contributed by atoms with Crippen LogP contribution in [0.3, 0.4) is 0 Å². The highest BCUT2D eigenvalue weighted by molar-refractivity contribution is 7.12. The number of nitrogens with zero attached hydrogens (tertiary/aromatic N) is 3. The van der Waals surface area contributed by atoms with Crippen molar-refractivity contribution in [2.75, 3.05) is 11.1 Å². The zero-order valence-electron chi connectivity index (χ0n) is 19.6. The van der Waals surface area contributed by atoms with Gasteiger partial charge in [-0.25, -0.2) is 19.3 Å². The molecule has 2 atom stereocenters. The molecule has 7 nitrogen and oxygen atoms in total. The van der Waals surface area contributed by atoms with Crippen molar-refractivity contribution in [3.05, 3.63) is 98.3 Å². The summed E-state index contributed by atoms with van der Waals surface area (Å²) in [6.45, 7) is 2.35. The van der Waals surface area contributed by atoms with Crippen molar-refractivity contribution in [3.63, 3.8) is 0 Å².